The molecule has 1 aromatic carbocycles. The second-order valence-corrected chi connectivity index (χ2v) is 8.87. The van der Waals surface area contributed by atoms with Crippen LogP contribution in [0.5, 0.6) is 0 Å². The largest absolute Gasteiger partial charge is 0.361 e. The zero-order chi connectivity index (χ0) is 21.5. The zero-order valence-electron chi connectivity index (χ0n) is 19.1. The van der Waals surface area contributed by atoms with Crippen molar-refractivity contribution in [3.63, 3.8) is 0 Å². The van der Waals surface area contributed by atoms with Gasteiger partial charge in [-0.1, -0.05) is 40.2 Å². The van der Waals surface area contributed by atoms with E-state index in [4.69, 9.17) is 0 Å². The maximum absolute atomic E-state index is 12.8. The number of urea groups is 1. The maximum Gasteiger partial charge on any atom is 0.321 e. The number of unbranched alkanes of at least 4 members (excludes halogenated alkanes) is 1. The van der Waals surface area contributed by atoms with Gasteiger partial charge < -0.3 is 15.2 Å². The maximum atomic E-state index is 12.8. The Bertz CT molecular complexity index is 867. The molecule has 5 heteroatoms. The van der Waals surface area contributed by atoms with Gasteiger partial charge in [0.2, 0.25) is 0 Å². The van der Waals surface area contributed by atoms with E-state index in [2.05, 4.69) is 67.3 Å². The highest BCUT2D eigenvalue weighted by atomic mass is 16.2. The number of nitrogens with one attached hydrogen (secondary N) is 2. The molecular weight excluding hydrogens is 372 g/mol. The highest BCUT2D eigenvalue weighted by molar-refractivity contribution is 5.97. The van der Waals surface area contributed by atoms with Gasteiger partial charge in [-0.3, -0.25) is 4.90 Å². The van der Waals surface area contributed by atoms with E-state index < -0.39 is 0 Å². The minimum absolute atomic E-state index is 0.00273. The Morgan fingerprint density at radius 2 is 2.07 bits per heavy atom. The Morgan fingerprint density at radius 3 is 2.73 bits per heavy atom. The molecule has 2 aromatic rings. The molecule has 1 aliphatic heterocycles. The number of hydrogen-bond acceptors (Lipinski definition) is 2. The van der Waals surface area contributed by atoms with Gasteiger partial charge in [-0.2, -0.15) is 0 Å². The van der Waals surface area contributed by atoms with E-state index in [0.29, 0.717) is 5.92 Å². The quantitative estimate of drug-likeness (QED) is 0.536. The van der Waals surface area contributed by atoms with Crippen molar-refractivity contribution in [1.82, 2.24) is 14.8 Å². The molecule has 0 atom stereocenters. The number of aromatic nitrogens is 1. The fourth-order valence-electron chi connectivity index (χ4n) is 4.24. The molecule has 0 saturated heterocycles. The van der Waals surface area contributed by atoms with E-state index in [1.807, 2.05) is 11.0 Å². The van der Waals surface area contributed by atoms with Crippen LogP contribution >= 0.6 is 0 Å². The van der Waals surface area contributed by atoms with Gasteiger partial charge >= 0.3 is 6.03 Å². The number of H-pyrrole nitrogens is 1. The molecule has 2 amide bonds. The van der Waals surface area contributed by atoms with E-state index in [1.54, 1.807) is 0 Å². The van der Waals surface area contributed by atoms with Gasteiger partial charge in [0.1, 0.15) is 0 Å². The monoisotopic (exact) mass is 410 g/mol. The van der Waals surface area contributed by atoms with Crippen LogP contribution < -0.4 is 5.32 Å². The second-order valence-electron chi connectivity index (χ2n) is 8.87. The summed E-state index contributed by atoms with van der Waals surface area (Å²) in [6.45, 7) is 13.7. The highest BCUT2D eigenvalue weighted by Crippen LogP contribution is 2.31. The first-order valence-corrected chi connectivity index (χ1v) is 11.6. The Morgan fingerprint density at radius 1 is 1.23 bits per heavy atom. The summed E-state index contributed by atoms with van der Waals surface area (Å²) in [5.41, 5.74) is 4.65. The molecule has 0 saturated carbocycles. The van der Waals surface area contributed by atoms with E-state index in [-0.39, 0.29) is 6.03 Å². The first-order chi connectivity index (χ1) is 14.5. The van der Waals surface area contributed by atoms with Crippen molar-refractivity contribution in [2.24, 2.45) is 5.92 Å². The van der Waals surface area contributed by atoms with E-state index in [1.165, 1.54) is 16.5 Å². The molecule has 2 heterocycles. The number of rotatable bonds is 9. The summed E-state index contributed by atoms with van der Waals surface area (Å²) in [7, 11) is 0. The lowest BCUT2D eigenvalue weighted by atomic mass is 9.98. The van der Waals surface area contributed by atoms with Gasteiger partial charge in [0.15, 0.2) is 0 Å². The molecule has 164 valence electrons. The number of anilines is 1. The number of carbonyl (C=O) groups excluding carboxylic acids is 1. The Labute approximate surface area is 181 Å². The molecule has 0 radical (unpaired) electrons. The highest BCUT2D eigenvalue weighted by Gasteiger charge is 2.17. The number of benzene rings is 1. The summed E-state index contributed by atoms with van der Waals surface area (Å²) in [6, 6.07) is 6.18. The van der Waals surface area contributed by atoms with E-state index >= 15 is 0 Å². The SMILES string of the molecule is CCCCN(CCC)C(=O)Nc1ccc2[nH]cc(C3=CCN(CC(C)C)CC3)c2c1. The van der Waals surface area contributed by atoms with Crippen molar-refractivity contribution in [2.45, 2.75) is 53.4 Å². The van der Waals surface area contributed by atoms with Crippen LogP contribution in [0.4, 0.5) is 10.5 Å². The third kappa shape index (κ3) is 5.66. The van der Waals surface area contributed by atoms with Gasteiger partial charge in [-0.25, -0.2) is 4.79 Å². The van der Waals surface area contributed by atoms with Gasteiger partial charge in [0, 0.05) is 61.1 Å². The van der Waals surface area contributed by atoms with Crippen LogP contribution in [0.3, 0.4) is 0 Å². The normalized spacial score (nSPS) is 14.9. The second kappa shape index (κ2) is 10.7. The number of hydrogen-bond donors (Lipinski definition) is 2. The standard InChI is InChI=1S/C25H38N4O/c1-5-7-13-29(12-6-2)25(30)27-21-8-9-24-22(16-21)23(17-26-24)20-10-14-28(15-11-20)18-19(3)4/h8-10,16-17,19,26H,5-7,11-15,18H2,1-4H3,(H,27,30). The summed E-state index contributed by atoms with van der Waals surface area (Å²) >= 11 is 0. The number of amides is 2. The molecule has 3 rings (SSSR count). The van der Waals surface area contributed by atoms with E-state index in [9.17, 15) is 4.79 Å². The van der Waals surface area contributed by atoms with Crippen LogP contribution in [0, 0.1) is 5.92 Å². The summed E-state index contributed by atoms with van der Waals surface area (Å²) in [5, 5.41) is 4.31. The molecule has 0 unspecified atom stereocenters. The summed E-state index contributed by atoms with van der Waals surface area (Å²) in [6.07, 6.45) is 8.66. The molecule has 1 aromatic heterocycles. The van der Waals surface area contributed by atoms with Gasteiger partial charge in [-0.05, 0) is 49.0 Å². The topological polar surface area (TPSA) is 51.4 Å². The Hall–Kier alpha value is -2.27. The lowest BCUT2D eigenvalue weighted by Gasteiger charge is -2.27. The fourth-order valence-corrected chi connectivity index (χ4v) is 4.24. The average Bonchev–Trinajstić information content (AvgIpc) is 3.14. The molecule has 30 heavy (non-hydrogen) atoms. The van der Waals surface area contributed by atoms with Crippen molar-refractivity contribution in [2.75, 3.05) is 38.0 Å². The van der Waals surface area contributed by atoms with Crippen molar-refractivity contribution in [3.05, 3.63) is 36.0 Å². The molecule has 0 spiro atoms. The van der Waals surface area contributed by atoms with Crippen molar-refractivity contribution < 1.29 is 4.79 Å². The Kier molecular flexibility index (Phi) is 7.97. The molecule has 0 fully saturated rings. The average molecular weight is 411 g/mol. The fraction of sp³-hybridized carbons (Fsp3) is 0.560. The van der Waals surface area contributed by atoms with Crippen LogP contribution in [0.2, 0.25) is 0 Å². The van der Waals surface area contributed by atoms with E-state index in [0.717, 1.165) is 69.6 Å². The molecule has 1 aliphatic rings. The lowest BCUT2D eigenvalue weighted by molar-refractivity contribution is 0.211. The summed E-state index contributed by atoms with van der Waals surface area (Å²) in [4.78, 5) is 20.6. The molecule has 2 N–H and O–H groups in total. The van der Waals surface area contributed by atoms with Gasteiger partial charge in [0.05, 0.1) is 0 Å². The van der Waals surface area contributed by atoms with Crippen LogP contribution in [0.15, 0.2) is 30.5 Å². The first kappa shape index (κ1) is 22.4. The number of fused-ring (bicyclic) bond motifs is 1. The molecule has 5 nitrogen and oxygen atoms in total. The number of nitrogens with zero attached hydrogens (tertiary/aromatic N) is 2. The molecule has 0 bridgehead atoms. The number of carbonyl (C=O) groups is 1. The van der Waals surface area contributed by atoms with Crippen LogP contribution in [0.1, 0.15) is 58.9 Å². The third-order valence-corrected chi connectivity index (χ3v) is 5.76. The van der Waals surface area contributed by atoms with Crippen molar-refractivity contribution in [3.8, 4) is 0 Å². The summed E-state index contributed by atoms with van der Waals surface area (Å²) in [5.74, 6) is 0.698. The minimum atomic E-state index is 0.00273. The van der Waals surface area contributed by atoms with Gasteiger partial charge in [0.25, 0.3) is 0 Å². The molecule has 0 aliphatic carbocycles. The van der Waals surface area contributed by atoms with Crippen LogP contribution in [0.25, 0.3) is 16.5 Å². The predicted molar refractivity (Wildman–Crippen MR) is 128 cm³/mol. The number of aromatic amines is 1. The van der Waals surface area contributed by atoms with Crippen LogP contribution in [-0.2, 0) is 0 Å². The predicted octanol–water partition coefficient (Wildman–Crippen LogP) is 5.96. The third-order valence-electron chi connectivity index (χ3n) is 5.76. The zero-order valence-corrected chi connectivity index (χ0v) is 19.1. The lowest BCUT2D eigenvalue weighted by Crippen LogP contribution is -2.36. The van der Waals surface area contributed by atoms with Crippen LogP contribution in [-0.4, -0.2) is 53.5 Å². The first-order valence-electron chi connectivity index (χ1n) is 11.6. The smallest absolute Gasteiger partial charge is 0.321 e. The molecular formula is C25H38N4O. The van der Waals surface area contributed by atoms with Crippen molar-refractivity contribution >= 4 is 28.2 Å². The Balaban J connectivity index is 1.75. The van der Waals surface area contributed by atoms with Gasteiger partial charge in [-0.15, -0.1) is 0 Å². The minimum Gasteiger partial charge on any atom is -0.361 e. The van der Waals surface area contributed by atoms with Crippen molar-refractivity contribution in [1.29, 1.82) is 0 Å². The summed E-state index contributed by atoms with van der Waals surface area (Å²) < 4.78 is 0.